The van der Waals surface area contributed by atoms with Gasteiger partial charge in [0, 0.05) is 24.5 Å². The fourth-order valence-electron chi connectivity index (χ4n) is 3.50. The third kappa shape index (κ3) is 4.11. The molecule has 1 saturated heterocycles. The number of halogens is 3. The molecule has 7 nitrogen and oxygen atoms in total. The van der Waals surface area contributed by atoms with E-state index in [1.165, 1.54) is 17.0 Å². The van der Waals surface area contributed by atoms with E-state index in [9.17, 15) is 22.8 Å². The van der Waals surface area contributed by atoms with Crippen LogP contribution in [0.1, 0.15) is 18.4 Å². The van der Waals surface area contributed by atoms with Crippen molar-refractivity contribution >= 4 is 34.5 Å². The minimum Gasteiger partial charge on any atom is -0.481 e. The first-order valence-electron chi connectivity index (χ1n) is 9.17. The third-order valence-electron chi connectivity index (χ3n) is 5.13. The number of carboxylic acid groups (broad SMARTS) is 1. The van der Waals surface area contributed by atoms with Gasteiger partial charge in [0.2, 0.25) is 12.7 Å². The number of aliphatic carboxylic acids is 1. The van der Waals surface area contributed by atoms with E-state index in [-0.39, 0.29) is 40.1 Å². The molecule has 2 aliphatic heterocycles. The molecular formula is C19H17F3N2O5S. The lowest BCUT2D eigenvalue weighted by atomic mass is 9.97. The highest BCUT2D eigenvalue weighted by Gasteiger charge is 2.35. The molecular weight excluding hydrogens is 425 g/mol. The smallest absolute Gasteiger partial charge is 0.417 e. The number of hydrogen-bond acceptors (Lipinski definition) is 6. The van der Waals surface area contributed by atoms with Gasteiger partial charge in [0.05, 0.1) is 27.8 Å². The summed E-state index contributed by atoms with van der Waals surface area (Å²) in [5, 5.41) is 9.00. The minimum absolute atomic E-state index is 0.0678. The fourth-order valence-corrected chi connectivity index (χ4v) is 4.32. The van der Waals surface area contributed by atoms with Gasteiger partial charge in [-0.1, -0.05) is 11.8 Å². The summed E-state index contributed by atoms with van der Waals surface area (Å²) in [4.78, 5) is 29.2. The normalized spacial score (nSPS) is 16.8. The van der Waals surface area contributed by atoms with Gasteiger partial charge in [0.15, 0.2) is 11.5 Å². The van der Waals surface area contributed by atoms with Crippen LogP contribution in [-0.4, -0.2) is 52.5 Å². The SMILES string of the molecule is O=C(O)C1CCN(C(=O)CSc2cc(C(F)(F)F)c3cc4c(cc3n2)OCO4)CC1. The number of thioether (sulfide) groups is 1. The van der Waals surface area contributed by atoms with Crippen molar-refractivity contribution in [3.63, 3.8) is 0 Å². The van der Waals surface area contributed by atoms with Crippen LogP contribution in [0, 0.1) is 5.92 Å². The van der Waals surface area contributed by atoms with Crippen molar-refractivity contribution in [2.75, 3.05) is 25.6 Å². The molecule has 1 N–H and O–H groups in total. The fraction of sp³-hybridized carbons (Fsp3) is 0.421. The quantitative estimate of drug-likeness (QED) is 0.726. The van der Waals surface area contributed by atoms with Crippen molar-refractivity contribution in [2.45, 2.75) is 24.0 Å². The summed E-state index contributed by atoms with van der Waals surface area (Å²) in [6.45, 7) is 0.569. The Morgan fingerprint density at radius 3 is 2.47 bits per heavy atom. The zero-order chi connectivity index (χ0) is 21.5. The van der Waals surface area contributed by atoms with Gasteiger partial charge in [-0.15, -0.1) is 0 Å². The molecule has 1 fully saturated rings. The van der Waals surface area contributed by atoms with Crippen molar-refractivity contribution in [1.29, 1.82) is 0 Å². The lowest BCUT2D eigenvalue weighted by molar-refractivity contribution is -0.145. The number of ether oxygens (including phenoxy) is 2. The van der Waals surface area contributed by atoms with Crippen molar-refractivity contribution in [2.24, 2.45) is 5.92 Å². The number of nitrogens with zero attached hydrogens (tertiary/aromatic N) is 2. The van der Waals surface area contributed by atoms with E-state index in [1.54, 1.807) is 0 Å². The van der Waals surface area contributed by atoms with Crippen LogP contribution < -0.4 is 9.47 Å². The van der Waals surface area contributed by atoms with Crippen LogP contribution in [0.3, 0.4) is 0 Å². The first-order chi connectivity index (χ1) is 14.2. The lowest BCUT2D eigenvalue weighted by Gasteiger charge is -2.30. The third-order valence-corrected chi connectivity index (χ3v) is 6.02. The second-order valence-corrected chi connectivity index (χ2v) is 8.01. The molecule has 4 rings (SSSR count). The number of piperidine rings is 1. The predicted molar refractivity (Wildman–Crippen MR) is 101 cm³/mol. The Balaban J connectivity index is 1.52. The molecule has 1 amide bonds. The summed E-state index contributed by atoms with van der Waals surface area (Å²) in [6, 6.07) is 3.59. The molecule has 0 aliphatic carbocycles. The number of likely N-dealkylation sites (tertiary alicyclic amines) is 1. The summed E-state index contributed by atoms with van der Waals surface area (Å²) in [7, 11) is 0. The van der Waals surface area contributed by atoms with Gasteiger partial charge in [-0.2, -0.15) is 13.2 Å². The molecule has 2 aliphatic rings. The number of benzene rings is 1. The maximum Gasteiger partial charge on any atom is 0.417 e. The van der Waals surface area contributed by atoms with E-state index < -0.39 is 23.6 Å². The average molecular weight is 442 g/mol. The molecule has 0 radical (unpaired) electrons. The van der Waals surface area contributed by atoms with Crippen LogP contribution >= 0.6 is 11.8 Å². The Morgan fingerprint density at radius 2 is 1.83 bits per heavy atom. The summed E-state index contributed by atoms with van der Waals surface area (Å²) in [5.74, 6) is -1.13. The van der Waals surface area contributed by atoms with E-state index in [2.05, 4.69) is 4.98 Å². The van der Waals surface area contributed by atoms with Crippen LogP contribution in [0.15, 0.2) is 23.2 Å². The number of carbonyl (C=O) groups excluding carboxylic acids is 1. The highest BCUT2D eigenvalue weighted by molar-refractivity contribution is 7.99. The molecule has 1 aromatic heterocycles. The van der Waals surface area contributed by atoms with E-state index >= 15 is 0 Å². The van der Waals surface area contributed by atoms with Crippen LogP contribution in [0.5, 0.6) is 11.5 Å². The van der Waals surface area contributed by atoms with Gasteiger partial charge >= 0.3 is 12.1 Å². The van der Waals surface area contributed by atoms with Crippen molar-refractivity contribution in [1.82, 2.24) is 9.88 Å². The molecule has 0 unspecified atom stereocenters. The van der Waals surface area contributed by atoms with Gasteiger partial charge < -0.3 is 19.5 Å². The Hall–Kier alpha value is -2.69. The number of rotatable bonds is 4. The number of carbonyl (C=O) groups is 2. The summed E-state index contributed by atoms with van der Waals surface area (Å²) >= 11 is 0.917. The number of amides is 1. The van der Waals surface area contributed by atoms with Crippen LogP contribution in [0.25, 0.3) is 10.9 Å². The molecule has 1 aromatic carbocycles. The highest BCUT2D eigenvalue weighted by Crippen LogP contribution is 2.42. The largest absolute Gasteiger partial charge is 0.481 e. The molecule has 0 bridgehead atoms. The van der Waals surface area contributed by atoms with Gasteiger partial charge in [-0.25, -0.2) is 4.98 Å². The summed E-state index contributed by atoms with van der Waals surface area (Å²) in [5.41, 5.74) is -0.755. The van der Waals surface area contributed by atoms with Crippen LogP contribution in [-0.2, 0) is 15.8 Å². The Labute approximate surface area is 173 Å². The average Bonchev–Trinajstić information content (AvgIpc) is 3.16. The van der Waals surface area contributed by atoms with Crippen LogP contribution in [0.2, 0.25) is 0 Å². The van der Waals surface area contributed by atoms with Gasteiger partial charge in [-0.3, -0.25) is 9.59 Å². The van der Waals surface area contributed by atoms with E-state index in [4.69, 9.17) is 14.6 Å². The van der Waals surface area contributed by atoms with Crippen molar-refractivity contribution in [3.8, 4) is 11.5 Å². The number of pyridine rings is 1. The number of alkyl halides is 3. The molecule has 0 atom stereocenters. The van der Waals surface area contributed by atoms with E-state index in [0.717, 1.165) is 17.8 Å². The summed E-state index contributed by atoms with van der Waals surface area (Å²) < 4.78 is 51.2. The zero-order valence-electron chi connectivity index (χ0n) is 15.6. The molecule has 2 aromatic rings. The number of aromatic nitrogens is 1. The maximum absolute atomic E-state index is 13.6. The molecule has 0 spiro atoms. The maximum atomic E-state index is 13.6. The van der Waals surface area contributed by atoms with Gasteiger partial charge in [0.25, 0.3) is 0 Å². The molecule has 0 saturated carbocycles. The zero-order valence-corrected chi connectivity index (χ0v) is 16.4. The highest BCUT2D eigenvalue weighted by atomic mass is 32.2. The Kier molecular flexibility index (Phi) is 5.39. The Morgan fingerprint density at radius 1 is 1.17 bits per heavy atom. The minimum atomic E-state index is -4.60. The lowest BCUT2D eigenvalue weighted by Crippen LogP contribution is -2.41. The standard InChI is InChI=1S/C19H17F3N2O5S/c20-19(21,22)12-6-16(23-13-7-15-14(5-11(12)13)28-9-29-15)30-8-17(25)24-3-1-10(2-4-24)18(26)27/h5-7,10H,1-4,8-9H2,(H,26,27). The molecule has 30 heavy (non-hydrogen) atoms. The predicted octanol–water partition coefficient (Wildman–Crippen LogP) is 3.40. The van der Waals surface area contributed by atoms with E-state index in [0.29, 0.717) is 31.7 Å². The first kappa shape index (κ1) is 20.6. The molecule has 3 heterocycles. The number of carboxylic acids is 1. The van der Waals surface area contributed by atoms with E-state index in [1.807, 2.05) is 0 Å². The monoisotopic (exact) mass is 442 g/mol. The second-order valence-electron chi connectivity index (χ2n) is 7.01. The topological polar surface area (TPSA) is 89.0 Å². The number of fused-ring (bicyclic) bond motifs is 2. The van der Waals surface area contributed by atoms with Crippen molar-refractivity contribution in [3.05, 3.63) is 23.8 Å². The first-order valence-corrected chi connectivity index (χ1v) is 10.2. The molecule has 11 heteroatoms. The Bertz CT molecular complexity index is 1010. The summed E-state index contributed by atoms with van der Waals surface area (Å²) in [6.07, 6.45) is -3.87. The van der Waals surface area contributed by atoms with Gasteiger partial charge in [-0.05, 0) is 25.0 Å². The second kappa shape index (κ2) is 7.86. The van der Waals surface area contributed by atoms with Crippen molar-refractivity contribution < 1.29 is 37.3 Å². The molecule has 160 valence electrons. The number of hydrogen-bond donors (Lipinski definition) is 1. The van der Waals surface area contributed by atoms with Crippen LogP contribution in [0.4, 0.5) is 13.2 Å². The van der Waals surface area contributed by atoms with Gasteiger partial charge in [0.1, 0.15) is 0 Å².